The van der Waals surface area contributed by atoms with Gasteiger partial charge in [-0.3, -0.25) is 4.79 Å². The number of furan rings is 2. The second-order valence-corrected chi connectivity index (χ2v) is 9.65. The molecule has 5 rings (SSSR count). The van der Waals surface area contributed by atoms with Crippen LogP contribution in [0.2, 0.25) is 0 Å². The minimum atomic E-state index is -0.223. The molecule has 1 aliphatic carbocycles. The third-order valence-corrected chi connectivity index (χ3v) is 7.23. The number of hydrazone groups is 1. The van der Waals surface area contributed by atoms with Crippen LogP contribution in [0.15, 0.2) is 60.6 Å². The number of rotatable bonds is 5. The smallest absolute Gasteiger partial charge is 0.253 e. The van der Waals surface area contributed by atoms with Crippen molar-refractivity contribution in [3.05, 3.63) is 58.9 Å². The lowest BCUT2D eigenvalue weighted by atomic mass is 9.79. The minimum absolute atomic E-state index is 0.0616. The van der Waals surface area contributed by atoms with Gasteiger partial charge >= 0.3 is 0 Å². The molecule has 2 atom stereocenters. The Labute approximate surface area is 181 Å². The summed E-state index contributed by atoms with van der Waals surface area (Å²) in [6, 6.07) is 7.36. The second kappa shape index (κ2) is 8.23. The molecule has 3 aromatic rings. The Morgan fingerprint density at radius 3 is 2.90 bits per heavy atom. The molecule has 0 aromatic carbocycles. The molecule has 7 nitrogen and oxygen atoms in total. The van der Waals surface area contributed by atoms with Crippen molar-refractivity contribution in [2.75, 3.05) is 5.75 Å². The molecule has 0 spiro atoms. The Bertz CT molecular complexity index is 1090. The molecular formula is C21H20N4O3S2. The molecule has 0 radical (unpaired) electrons. The Balaban J connectivity index is 1.44. The highest BCUT2D eigenvalue weighted by Gasteiger charge is 2.45. The second-order valence-electron chi connectivity index (χ2n) is 7.24. The lowest BCUT2D eigenvalue weighted by Crippen LogP contribution is -2.32. The van der Waals surface area contributed by atoms with Gasteiger partial charge in [-0.25, -0.2) is 5.01 Å². The van der Waals surface area contributed by atoms with Crippen LogP contribution < -0.4 is 0 Å². The van der Waals surface area contributed by atoms with Gasteiger partial charge in [0.2, 0.25) is 0 Å². The molecule has 0 bridgehead atoms. The first-order valence-electron chi connectivity index (χ1n) is 9.80. The number of carbonyl (C=O) groups is 1. The topological polar surface area (TPSA) is 84.7 Å². The van der Waals surface area contributed by atoms with Crippen LogP contribution in [0.5, 0.6) is 0 Å². The van der Waals surface area contributed by atoms with E-state index in [0.29, 0.717) is 0 Å². The molecule has 154 valence electrons. The molecular weight excluding hydrogens is 420 g/mol. The van der Waals surface area contributed by atoms with E-state index in [9.17, 15) is 4.79 Å². The number of hydrogen-bond donors (Lipinski definition) is 0. The van der Waals surface area contributed by atoms with Crippen molar-refractivity contribution in [3.8, 4) is 0 Å². The zero-order chi connectivity index (χ0) is 20.5. The van der Waals surface area contributed by atoms with Crippen molar-refractivity contribution in [2.24, 2.45) is 11.0 Å². The van der Waals surface area contributed by atoms with E-state index in [4.69, 9.17) is 13.9 Å². The monoisotopic (exact) mass is 440 g/mol. The van der Waals surface area contributed by atoms with Gasteiger partial charge in [0.05, 0.1) is 24.0 Å². The van der Waals surface area contributed by atoms with Crippen LogP contribution in [0.25, 0.3) is 6.08 Å². The van der Waals surface area contributed by atoms with E-state index in [0.717, 1.165) is 51.4 Å². The van der Waals surface area contributed by atoms with E-state index in [1.54, 1.807) is 17.5 Å². The number of allylic oxidation sites excluding steroid dienone is 1. The average Bonchev–Trinajstić information content (AvgIpc) is 3.52. The average molecular weight is 441 g/mol. The number of thioether (sulfide) groups is 1. The van der Waals surface area contributed by atoms with Gasteiger partial charge < -0.3 is 8.83 Å². The number of nitrogens with zero attached hydrogens (tertiary/aromatic N) is 4. The number of hydrogen-bond acceptors (Lipinski definition) is 8. The highest BCUT2D eigenvalue weighted by Crippen LogP contribution is 2.44. The van der Waals surface area contributed by atoms with E-state index >= 15 is 0 Å². The van der Waals surface area contributed by atoms with Crippen molar-refractivity contribution in [1.82, 2.24) is 15.2 Å². The van der Waals surface area contributed by atoms with Crippen molar-refractivity contribution < 1.29 is 13.6 Å². The van der Waals surface area contributed by atoms with Crippen molar-refractivity contribution >= 4 is 40.8 Å². The summed E-state index contributed by atoms with van der Waals surface area (Å²) >= 11 is 2.89. The molecule has 2 aliphatic rings. The third-order valence-electron chi connectivity index (χ3n) is 5.28. The molecule has 1 saturated carbocycles. The Kier molecular flexibility index (Phi) is 5.30. The van der Waals surface area contributed by atoms with Gasteiger partial charge in [-0.15, -0.1) is 10.2 Å². The fourth-order valence-electron chi connectivity index (χ4n) is 4.02. The molecule has 0 N–H and O–H groups in total. The van der Waals surface area contributed by atoms with Crippen LogP contribution in [-0.4, -0.2) is 32.6 Å². The SMILES string of the molecule is Cc1nnc(SCC(=O)N2N=C3/C(=C/c4ccco4)CCCC3C2c2ccco2)s1. The summed E-state index contributed by atoms with van der Waals surface area (Å²) in [6.45, 7) is 1.90. The zero-order valence-electron chi connectivity index (χ0n) is 16.4. The van der Waals surface area contributed by atoms with E-state index in [1.807, 2.05) is 37.3 Å². The van der Waals surface area contributed by atoms with Gasteiger partial charge in [-0.1, -0.05) is 23.1 Å². The highest BCUT2D eigenvalue weighted by atomic mass is 32.2. The number of aryl methyl sites for hydroxylation is 1. The molecule has 9 heteroatoms. The summed E-state index contributed by atoms with van der Waals surface area (Å²) in [5.41, 5.74) is 2.09. The lowest BCUT2D eigenvalue weighted by molar-refractivity contribution is -0.131. The summed E-state index contributed by atoms with van der Waals surface area (Å²) in [7, 11) is 0. The van der Waals surface area contributed by atoms with Gasteiger partial charge in [0.1, 0.15) is 22.6 Å². The fraction of sp³-hybridized carbons (Fsp3) is 0.333. The first-order chi connectivity index (χ1) is 14.7. The molecule has 1 aliphatic heterocycles. The van der Waals surface area contributed by atoms with Gasteiger partial charge in [-0.2, -0.15) is 5.10 Å². The summed E-state index contributed by atoms with van der Waals surface area (Å²) in [5.74, 6) is 1.88. The Hall–Kier alpha value is -2.65. The van der Waals surface area contributed by atoms with Crippen LogP contribution in [0.1, 0.15) is 41.8 Å². The van der Waals surface area contributed by atoms with Crippen LogP contribution in [0, 0.1) is 12.8 Å². The summed E-state index contributed by atoms with van der Waals surface area (Å²) < 4.78 is 12.0. The van der Waals surface area contributed by atoms with Gasteiger partial charge in [0, 0.05) is 5.92 Å². The van der Waals surface area contributed by atoms with Crippen LogP contribution >= 0.6 is 23.1 Å². The molecule has 1 amide bonds. The molecule has 1 fully saturated rings. The predicted molar refractivity (Wildman–Crippen MR) is 115 cm³/mol. The predicted octanol–water partition coefficient (Wildman–Crippen LogP) is 4.95. The quantitative estimate of drug-likeness (QED) is 0.522. The van der Waals surface area contributed by atoms with Crippen molar-refractivity contribution in [2.45, 2.75) is 36.6 Å². The van der Waals surface area contributed by atoms with Crippen LogP contribution in [0.3, 0.4) is 0 Å². The third kappa shape index (κ3) is 3.75. The zero-order valence-corrected chi connectivity index (χ0v) is 18.0. The summed E-state index contributed by atoms with van der Waals surface area (Å²) in [5, 5.41) is 15.4. The summed E-state index contributed by atoms with van der Waals surface area (Å²) in [6.07, 6.45) is 8.27. The minimum Gasteiger partial charge on any atom is -0.467 e. The van der Waals surface area contributed by atoms with E-state index in [-0.39, 0.29) is 23.6 Å². The first-order valence-corrected chi connectivity index (χ1v) is 11.6. The van der Waals surface area contributed by atoms with Gasteiger partial charge in [0.25, 0.3) is 5.91 Å². The van der Waals surface area contributed by atoms with Crippen molar-refractivity contribution in [3.63, 3.8) is 0 Å². The lowest BCUT2D eigenvalue weighted by Gasteiger charge is -2.27. The largest absolute Gasteiger partial charge is 0.467 e. The van der Waals surface area contributed by atoms with E-state index in [1.165, 1.54) is 23.1 Å². The number of fused-ring (bicyclic) bond motifs is 1. The van der Waals surface area contributed by atoms with Gasteiger partial charge in [0.15, 0.2) is 4.34 Å². The maximum Gasteiger partial charge on any atom is 0.253 e. The number of aromatic nitrogens is 2. The molecule has 30 heavy (non-hydrogen) atoms. The molecule has 2 unspecified atom stereocenters. The van der Waals surface area contributed by atoms with Crippen LogP contribution in [0.4, 0.5) is 0 Å². The highest BCUT2D eigenvalue weighted by molar-refractivity contribution is 8.01. The maximum atomic E-state index is 13.2. The summed E-state index contributed by atoms with van der Waals surface area (Å²) in [4.78, 5) is 13.2. The fourth-order valence-corrected chi connectivity index (χ4v) is 5.68. The molecule has 0 saturated heterocycles. The molecule has 4 heterocycles. The Morgan fingerprint density at radius 2 is 2.17 bits per heavy atom. The first kappa shape index (κ1) is 19.3. The standard InChI is InChI=1S/C21H20N4O3S2/c1-13-22-23-21(30-13)29-12-18(26)25-20(17-8-4-10-28-17)16-7-2-5-14(19(16)24-25)11-15-6-3-9-27-15/h3-4,6,8-11,16,20H,2,5,7,12H2,1H3/b14-11+. The molecule has 3 aromatic heterocycles. The maximum absolute atomic E-state index is 13.2. The van der Waals surface area contributed by atoms with Gasteiger partial charge in [-0.05, 0) is 62.1 Å². The number of amides is 1. The Morgan fingerprint density at radius 1 is 1.30 bits per heavy atom. The number of carbonyl (C=O) groups excluding carboxylic acids is 1. The normalized spacial score (nSPS) is 22.4. The van der Waals surface area contributed by atoms with Crippen molar-refractivity contribution in [1.29, 1.82) is 0 Å². The van der Waals surface area contributed by atoms with Crippen LogP contribution in [-0.2, 0) is 4.79 Å². The van der Waals surface area contributed by atoms with E-state index in [2.05, 4.69) is 10.2 Å². The van der Waals surface area contributed by atoms with E-state index < -0.39 is 0 Å².